The lowest BCUT2D eigenvalue weighted by Gasteiger charge is -2.29. The number of aromatic amines is 1. The Morgan fingerprint density at radius 2 is 1.65 bits per heavy atom. The number of benzene rings is 2. The van der Waals surface area contributed by atoms with Crippen LogP contribution in [0.1, 0.15) is 25.0 Å². The minimum atomic E-state index is -4.85. The van der Waals surface area contributed by atoms with Gasteiger partial charge in [-0.15, -0.1) is 0 Å². The van der Waals surface area contributed by atoms with Crippen LogP contribution >= 0.6 is 0 Å². The first-order chi connectivity index (χ1) is 14.5. The van der Waals surface area contributed by atoms with E-state index in [1.165, 1.54) is 26.0 Å². The van der Waals surface area contributed by atoms with E-state index in [9.17, 15) is 27.6 Å². The van der Waals surface area contributed by atoms with Crippen molar-refractivity contribution in [1.82, 2.24) is 10.3 Å². The van der Waals surface area contributed by atoms with Crippen molar-refractivity contribution in [3.05, 3.63) is 70.0 Å². The highest BCUT2D eigenvalue weighted by Gasteiger charge is 2.55. The Labute approximate surface area is 174 Å². The predicted octanol–water partition coefficient (Wildman–Crippen LogP) is 4.33. The van der Waals surface area contributed by atoms with Gasteiger partial charge in [0, 0.05) is 5.92 Å². The van der Waals surface area contributed by atoms with Crippen LogP contribution in [-0.4, -0.2) is 17.0 Å². The highest BCUT2D eigenvalue weighted by molar-refractivity contribution is 6.03. The second-order valence-corrected chi connectivity index (χ2v) is 7.59. The van der Waals surface area contributed by atoms with Gasteiger partial charge in [-0.05, 0) is 28.5 Å². The largest absolute Gasteiger partial charge is 0.427 e. The van der Waals surface area contributed by atoms with Crippen LogP contribution in [0.3, 0.4) is 0 Å². The molecule has 31 heavy (non-hydrogen) atoms. The molecule has 0 bridgehead atoms. The number of H-pyrrole nitrogens is 1. The number of halogens is 3. The summed E-state index contributed by atoms with van der Waals surface area (Å²) in [6.45, 7) is 2.95. The predicted molar refractivity (Wildman–Crippen MR) is 106 cm³/mol. The van der Waals surface area contributed by atoms with Crippen LogP contribution in [0.5, 0.6) is 0 Å². The number of nitrogens with one attached hydrogen (secondary N) is 2. The summed E-state index contributed by atoms with van der Waals surface area (Å²) >= 11 is 0. The summed E-state index contributed by atoms with van der Waals surface area (Å²) in [6, 6.07) is 12.4. The van der Waals surface area contributed by atoms with E-state index < -0.39 is 52.1 Å². The molecular weight excluding hydrogens is 413 g/mol. The molecule has 1 fully saturated rings. The van der Waals surface area contributed by atoms with Crippen molar-refractivity contribution in [2.45, 2.75) is 25.6 Å². The summed E-state index contributed by atoms with van der Waals surface area (Å²) in [7, 11) is 0. The lowest BCUT2D eigenvalue weighted by molar-refractivity contribution is -0.139. The highest BCUT2D eigenvalue weighted by atomic mass is 19.4. The molecule has 0 saturated carbocycles. The maximum atomic E-state index is 14.0. The number of fused-ring (bicyclic) bond motifs is 1. The van der Waals surface area contributed by atoms with Gasteiger partial charge < -0.3 is 9.72 Å². The Morgan fingerprint density at radius 1 is 0.968 bits per heavy atom. The fraction of sp³-hybridized carbons (Fsp3) is 0.227. The maximum Gasteiger partial charge on any atom is 0.418 e. The lowest BCUT2D eigenvalue weighted by Crippen LogP contribution is -2.45. The van der Waals surface area contributed by atoms with E-state index in [2.05, 4.69) is 4.98 Å². The van der Waals surface area contributed by atoms with Crippen LogP contribution < -0.4 is 10.9 Å². The summed E-state index contributed by atoms with van der Waals surface area (Å²) in [5.41, 5.74) is -5.12. The number of carbonyl (C=O) groups is 2. The number of carbonyl (C=O) groups excluding carboxylic acids is 2. The molecule has 4 rings (SSSR count). The van der Waals surface area contributed by atoms with Crippen molar-refractivity contribution in [1.29, 1.82) is 0 Å². The van der Waals surface area contributed by atoms with E-state index in [4.69, 9.17) is 4.74 Å². The zero-order chi connectivity index (χ0) is 22.6. The Morgan fingerprint density at radius 3 is 2.23 bits per heavy atom. The van der Waals surface area contributed by atoms with Crippen LogP contribution in [0.25, 0.3) is 22.0 Å². The van der Waals surface area contributed by atoms with E-state index in [-0.39, 0.29) is 5.56 Å². The minimum absolute atomic E-state index is 0.154. The third-order valence-corrected chi connectivity index (χ3v) is 5.40. The molecule has 6 nitrogen and oxygen atoms in total. The molecule has 1 aliphatic heterocycles. The first-order valence-electron chi connectivity index (χ1n) is 9.42. The monoisotopic (exact) mass is 430 g/mol. The van der Waals surface area contributed by atoms with Crippen molar-refractivity contribution >= 4 is 22.8 Å². The molecular formula is C22H17F3N2O4. The van der Waals surface area contributed by atoms with Crippen LogP contribution in [0.2, 0.25) is 0 Å². The number of amides is 2. The number of aromatic nitrogens is 1. The normalized spacial score (nSPS) is 19.0. The Bertz CT molecular complexity index is 1280. The fourth-order valence-corrected chi connectivity index (χ4v) is 3.87. The van der Waals surface area contributed by atoms with E-state index in [0.717, 1.165) is 5.39 Å². The highest BCUT2D eigenvalue weighted by Crippen LogP contribution is 2.41. The topological polar surface area (TPSA) is 88.3 Å². The maximum absolute atomic E-state index is 14.0. The van der Waals surface area contributed by atoms with Gasteiger partial charge in [0.05, 0.1) is 16.8 Å². The third kappa shape index (κ3) is 3.26. The van der Waals surface area contributed by atoms with Crippen molar-refractivity contribution in [3.63, 3.8) is 0 Å². The average molecular weight is 430 g/mol. The number of rotatable bonds is 3. The van der Waals surface area contributed by atoms with Crippen LogP contribution in [0, 0.1) is 5.92 Å². The Balaban J connectivity index is 1.99. The summed E-state index contributed by atoms with van der Waals surface area (Å²) < 4.78 is 47.1. The fourth-order valence-electron chi connectivity index (χ4n) is 3.87. The van der Waals surface area contributed by atoms with Crippen LogP contribution in [-0.2, 0) is 21.3 Å². The summed E-state index contributed by atoms with van der Waals surface area (Å²) in [5, 5.41) is 3.43. The number of alkyl halides is 3. The molecule has 1 saturated heterocycles. The van der Waals surface area contributed by atoms with Gasteiger partial charge in [-0.2, -0.15) is 13.2 Å². The summed E-state index contributed by atoms with van der Waals surface area (Å²) in [4.78, 5) is 39.3. The standard InChI is InChI=1S/C22H17F3N2O4/c1-11(2)21(19(29)27-20(30)31-21)16-10-15(22(23,24)25)17(26-18(16)28)14-8-7-12-5-3-4-6-13(12)9-14/h3-11H,1-2H3,(H,26,28)(H,27,29,30). The molecule has 1 aromatic heterocycles. The van der Waals surface area contributed by atoms with Gasteiger partial charge in [-0.25, -0.2) is 4.79 Å². The van der Waals surface area contributed by atoms with Gasteiger partial charge >= 0.3 is 12.3 Å². The average Bonchev–Trinajstić information content (AvgIpc) is 3.01. The van der Waals surface area contributed by atoms with Gasteiger partial charge in [-0.3, -0.25) is 14.9 Å². The van der Waals surface area contributed by atoms with E-state index in [0.29, 0.717) is 11.5 Å². The Kier molecular flexibility index (Phi) is 4.64. The second-order valence-electron chi connectivity index (χ2n) is 7.59. The molecule has 3 aromatic rings. The minimum Gasteiger partial charge on any atom is -0.427 e. The number of cyclic esters (lactones) is 1. The number of alkyl carbamates (subject to hydrolysis) is 1. The molecule has 2 heterocycles. The smallest absolute Gasteiger partial charge is 0.418 e. The molecule has 0 spiro atoms. The van der Waals surface area contributed by atoms with Crippen molar-refractivity contribution in [3.8, 4) is 11.3 Å². The van der Waals surface area contributed by atoms with Gasteiger partial charge in [0.2, 0.25) is 5.60 Å². The molecule has 2 N–H and O–H groups in total. The number of imide groups is 1. The molecule has 160 valence electrons. The summed E-state index contributed by atoms with van der Waals surface area (Å²) in [6.07, 6.45) is -5.97. The quantitative estimate of drug-likeness (QED) is 0.647. The number of hydrogen-bond acceptors (Lipinski definition) is 4. The first-order valence-corrected chi connectivity index (χ1v) is 9.42. The molecule has 0 aliphatic carbocycles. The first kappa shape index (κ1) is 20.6. The number of pyridine rings is 1. The van der Waals surface area contributed by atoms with Gasteiger partial charge in [0.1, 0.15) is 0 Å². The van der Waals surface area contributed by atoms with Crippen molar-refractivity contribution in [2.75, 3.05) is 0 Å². The molecule has 9 heteroatoms. The van der Waals surface area contributed by atoms with E-state index in [1.807, 2.05) is 11.4 Å². The van der Waals surface area contributed by atoms with Gasteiger partial charge in [0.15, 0.2) is 0 Å². The second kappa shape index (κ2) is 6.97. The third-order valence-electron chi connectivity index (χ3n) is 5.40. The molecule has 0 radical (unpaired) electrons. The van der Waals surface area contributed by atoms with Crippen LogP contribution in [0.4, 0.5) is 18.0 Å². The molecule has 2 aromatic carbocycles. The lowest BCUT2D eigenvalue weighted by atomic mass is 9.82. The molecule has 2 amide bonds. The number of hydrogen-bond donors (Lipinski definition) is 2. The molecule has 1 aliphatic rings. The number of ether oxygens (including phenoxy) is 1. The van der Waals surface area contributed by atoms with E-state index in [1.54, 1.807) is 24.3 Å². The zero-order valence-electron chi connectivity index (χ0n) is 16.5. The Hall–Kier alpha value is -3.62. The van der Waals surface area contributed by atoms with Crippen LogP contribution in [0.15, 0.2) is 53.3 Å². The molecule has 1 atom stereocenters. The SMILES string of the molecule is CC(C)C1(c2cc(C(F)(F)F)c(-c3ccc4ccccc4c3)[nH]c2=O)OC(=O)NC1=O. The van der Waals surface area contributed by atoms with Gasteiger partial charge in [0.25, 0.3) is 11.5 Å². The molecule has 1 unspecified atom stereocenters. The zero-order valence-corrected chi connectivity index (χ0v) is 16.5. The summed E-state index contributed by atoms with van der Waals surface area (Å²) in [5.74, 6) is -1.78. The van der Waals surface area contributed by atoms with Crippen molar-refractivity contribution < 1.29 is 27.5 Å². The van der Waals surface area contributed by atoms with E-state index >= 15 is 0 Å². The van der Waals surface area contributed by atoms with Gasteiger partial charge in [-0.1, -0.05) is 50.2 Å². The van der Waals surface area contributed by atoms with Crippen molar-refractivity contribution in [2.24, 2.45) is 5.92 Å².